The predicted molar refractivity (Wildman–Crippen MR) is 73.5 cm³/mol. The fourth-order valence-corrected chi connectivity index (χ4v) is 3.36. The minimum atomic E-state index is -4.51. The summed E-state index contributed by atoms with van der Waals surface area (Å²) in [6.45, 7) is 0. The van der Waals surface area contributed by atoms with E-state index in [-0.39, 0.29) is 5.02 Å². The highest BCUT2D eigenvalue weighted by Crippen LogP contribution is 2.28. The van der Waals surface area contributed by atoms with Gasteiger partial charge < -0.3 is 4.90 Å². The maximum atomic E-state index is 13.7. The van der Waals surface area contributed by atoms with Crippen LogP contribution in [0.5, 0.6) is 0 Å². The van der Waals surface area contributed by atoms with E-state index in [9.17, 15) is 22.0 Å². The van der Waals surface area contributed by atoms with E-state index < -0.39 is 37.4 Å². The molecule has 10 heteroatoms. The number of hydrogen-bond donors (Lipinski definition) is 0. The third-order valence-corrected chi connectivity index (χ3v) is 4.77. The molecule has 22 heavy (non-hydrogen) atoms. The second kappa shape index (κ2) is 5.65. The number of benzene rings is 1. The zero-order valence-corrected chi connectivity index (χ0v) is 13.0. The first-order valence-corrected chi connectivity index (χ1v) is 7.68. The van der Waals surface area contributed by atoms with E-state index in [1.54, 1.807) is 0 Å². The molecule has 2 rings (SSSR count). The molecule has 0 fully saturated rings. The first kappa shape index (κ1) is 16.4. The quantitative estimate of drug-likeness (QED) is 0.833. The molecule has 0 atom stereocenters. The highest BCUT2D eigenvalue weighted by atomic mass is 35.5. The van der Waals surface area contributed by atoms with Crippen molar-refractivity contribution in [2.45, 2.75) is 9.92 Å². The van der Waals surface area contributed by atoms with Crippen molar-refractivity contribution in [1.82, 2.24) is 14.7 Å². The molecular weight excluding hydrogens is 340 g/mol. The molecule has 0 N–H and O–H groups in total. The summed E-state index contributed by atoms with van der Waals surface area (Å²) in [5.74, 6) is -2.85. The Hall–Kier alpha value is -2.00. The highest BCUT2D eigenvalue weighted by Gasteiger charge is 2.30. The van der Waals surface area contributed by atoms with Crippen LogP contribution >= 0.6 is 11.6 Å². The molecule has 0 saturated carbocycles. The average Bonchev–Trinajstić information content (AvgIpc) is 2.83. The van der Waals surface area contributed by atoms with Crippen molar-refractivity contribution in [3.63, 3.8) is 0 Å². The molecule has 0 saturated heterocycles. The van der Waals surface area contributed by atoms with Crippen LogP contribution in [-0.2, 0) is 9.84 Å². The van der Waals surface area contributed by atoms with Gasteiger partial charge in [0, 0.05) is 14.1 Å². The number of sulfone groups is 1. The summed E-state index contributed by atoms with van der Waals surface area (Å²) in [5.41, 5.74) is 0. The number of carbonyl (C=O) groups excluding carboxylic acids is 1. The minimum Gasteiger partial charge on any atom is -0.329 e. The molecule has 0 aliphatic carbocycles. The SMILES string of the molecule is CN(C)C(=O)n1cc(Cl)c(S(=O)(=O)c2cccc(F)c2F)n1. The van der Waals surface area contributed by atoms with Gasteiger partial charge in [-0.3, -0.25) is 0 Å². The molecular formula is C12H10ClF2N3O3S. The zero-order chi connectivity index (χ0) is 16.7. The van der Waals surface area contributed by atoms with Crippen molar-refractivity contribution in [3.8, 4) is 0 Å². The Balaban J connectivity index is 2.60. The summed E-state index contributed by atoms with van der Waals surface area (Å²) in [6.07, 6.45) is 0.980. The summed E-state index contributed by atoms with van der Waals surface area (Å²) in [5, 5.41) is 2.46. The summed E-state index contributed by atoms with van der Waals surface area (Å²) >= 11 is 5.77. The normalized spacial score (nSPS) is 11.5. The van der Waals surface area contributed by atoms with Gasteiger partial charge in [-0.1, -0.05) is 17.7 Å². The molecule has 0 aliphatic rings. The van der Waals surface area contributed by atoms with Crippen LogP contribution in [0.25, 0.3) is 0 Å². The molecule has 0 spiro atoms. The van der Waals surface area contributed by atoms with Gasteiger partial charge in [0.25, 0.3) is 0 Å². The van der Waals surface area contributed by atoms with Gasteiger partial charge in [-0.25, -0.2) is 22.0 Å². The van der Waals surface area contributed by atoms with Crippen LogP contribution in [-0.4, -0.2) is 43.2 Å². The maximum absolute atomic E-state index is 13.7. The maximum Gasteiger partial charge on any atom is 0.344 e. The van der Waals surface area contributed by atoms with E-state index >= 15 is 0 Å². The molecule has 0 bridgehead atoms. The van der Waals surface area contributed by atoms with Crippen LogP contribution in [0.3, 0.4) is 0 Å². The Morgan fingerprint density at radius 1 is 1.32 bits per heavy atom. The number of nitrogens with zero attached hydrogens (tertiary/aromatic N) is 3. The Kier molecular flexibility index (Phi) is 4.21. The van der Waals surface area contributed by atoms with Crippen LogP contribution < -0.4 is 0 Å². The Labute approximate surface area is 129 Å². The third-order valence-electron chi connectivity index (χ3n) is 2.68. The van der Waals surface area contributed by atoms with Crippen molar-refractivity contribution in [2.75, 3.05) is 14.1 Å². The molecule has 2 aromatic rings. The number of aromatic nitrogens is 2. The van der Waals surface area contributed by atoms with Gasteiger partial charge in [0.05, 0.1) is 11.2 Å². The molecule has 0 unspecified atom stereocenters. The standard InChI is InChI=1S/C12H10ClF2N3O3S/c1-17(2)12(19)18-6-7(13)11(16-18)22(20,21)9-5-3-4-8(14)10(9)15/h3-6H,1-2H3. The topological polar surface area (TPSA) is 72.3 Å². The lowest BCUT2D eigenvalue weighted by Gasteiger charge is -2.08. The average molecular weight is 350 g/mol. The summed E-state index contributed by atoms with van der Waals surface area (Å²) in [4.78, 5) is 12.0. The van der Waals surface area contributed by atoms with Crippen molar-refractivity contribution in [2.24, 2.45) is 0 Å². The van der Waals surface area contributed by atoms with Gasteiger partial charge in [0.2, 0.25) is 14.9 Å². The smallest absolute Gasteiger partial charge is 0.329 e. The molecule has 1 amide bonds. The third kappa shape index (κ3) is 2.69. The van der Waals surface area contributed by atoms with Crippen molar-refractivity contribution in [3.05, 3.63) is 41.1 Å². The lowest BCUT2D eigenvalue weighted by atomic mass is 10.3. The van der Waals surface area contributed by atoms with Crippen molar-refractivity contribution >= 4 is 27.5 Å². The molecule has 1 aromatic carbocycles. The van der Waals surface area contributed by atoms with Crippen LogP contribution in [0, 0.1) is 11.6 Å². The number of hydrogen-bond acceptors (Lipinski definition) is 4. The second-order valence-electron chi connectivity index (χ2n) is 4.46. The first-order valence-electron chi connectivity index (χ1n) is 5.82. The largest absolute Gasteiger partial charge is 0.344 e. The van der Waals surface area contributed by atoms with Crippen LogP contribution in [0.2, 0.25) is 5.02 Å². The van der Waals surface area contributed by atoms with Gasteiger partial charge in [-0.15, -0.1) is 0 Å². The van der Waals surface area contributed by atoms with Gasteiger partial charge in [-0.05, 0) is 12.1 Å². The zero-order valence-electron chi connectivity index (χ0n) is 11.4. The van der Waals surface area contributed by atoms with Gasteiger partial charge >= 0.3 is 6.03 Å². The van der Waals surface area contributed by atoms with E-state index in [2.05, 4.69) is 5.10 Å². The number of halogens is 3. The molecule has 0 radical (unpaired) electrons. The van der Waals surface area contributed by atoms with Crippen LogP contribution in [0.1, 0.15) is 0 Å². The molecule has 0 aliphatic heterocycles. The number of rotatable bonds is 2. The van der Waals surface area contributed by atoms with Crippen LogP contribution in [0.15, 0.2) is 34.3 Å². The minimum absolute atomic E-state index is 0.376. The second-order valence-corrected chi connectivity index (χ2v) is 6.70. The fourth-order valence-electron chi connectivity index (χ4n) is 1.62. The highest BCUT2D eigenvalue weighted by molar-refractivity contribution is 7.91. The fraction of sp³-hybridized carbons (Fsp3) is 0.167. The monoisotopic (exact) mass is 349 g/mol. The van der Waals surface area contributed by atoms with E-state index in [4.69, 9.17) is 11.6 Å². The molecule has 1 heterocycles. The van der Waals surface area contributed by atoms with E-state index in [1.807, 2.05) is 0 Å². The lowest BCUT2D eigenvalue weighted by molar-refractivity contribution is 0.215. The van der Waals surface area contributed by atoms with E-state index in [0.717, 1.165) is 29.3 Å². The molecule has 118 valence electrons. The van der Waals surface area contributed by atoms with Gasteiger partial charge in [-0.2, -0.15) is 9.78 Å². The molecule has 6 nitrogen and oxygen atoms in total. The summed E-state index contributed by atoms with van der Waals surface area (Å²) in [7, 11) is -1.65. The van der Waals surface area contributed by atoms with E-state index in [0.29, 0.717) is 4.68 Å². The number of carbonyl (C=O) groups is 1. The predicted octanol–water partition coefficient (Wildman–Crippen LogP) is 2.18. The first-order chi connectivity index (χ1) is 10.2. The Bertz CT molecular complexity index is 849. The number of amides is 1. The molecule has 1 aromatic heterocycles. The Morgan fingerprint density at radius 3 is 2.55 bits per heavy atom. The summed E-state index contributed by atoms with van der Waals surface area (Å²) < 4.78 is 52.3. The van der Waals surface area contributed by atoms with E-state index in [1.165, 1.54) is 14.1 Å². The summed E-state index contributed by atoms with van der Waals surface area (Å²) in [6, 6.07) is 2.06. The van der Waals surface area contributed by atoms with Gasteiger partial charge in [0.1, 0.15) is 4.90 Å². The lowest BCUT2D eigenvalue weighted by Crippen LogP contribution is -2.27. The Morgan fingerprint density at radius 2 is 1.95 bits per heavy atom. The van der Waals surface area contributed by atoms with Crippen molar-refractivity contribution in [1.29, 1.82) is 0 Å². The van der Waals surface area contributed by atoms with Crippen LogP contribution in [0.4, 0.5) is 13.6 Å². The van der Waals surface area contributed by atoms with Crippen molar-refractivity contribution < 1.29 is 22.0 Å². The van der Waals surface area contributed by atoms with Gasteiger partial charge in [0.15, 0.2) is 11.6 Å².